The molecule has 2 saturated heterocycles. The average molecular weight is 477 g/mol. The Bertz CT molecular complexity index is 522. The minimum absolute atomic E-state index is 0. The Morgan fingerprint density at radius 2 is 1.88 bits per heavy atom. The molecule has 0 aromatic carbocycles. The zero-order chi connectivity index (χ0) is 17.7. The van der Waals surface area contributed by atoms with Gasteiger partial charge < -0.3 is 19.7 Å². The summed E-state index contributed by atoms with van der Waals surface area (Å²) in [5.74, 6) is 1.79. The van der Waals surface area contributed by atoms with E-state index in [-0.39, 0.29) is 29.6 Å². The lowest BCUT2D eigenvalue weighted by Crippen LogP contribution is -2.72. The number of nitrogens with zero attached hydrogens (tertiary/aromatic N) is 2. The van der Waals surface area contributed by atoms with Crippen molar-refractivity contribution in [3.8, 4) is 0 Å². The van der Waals surface area contributed by atoms with Gasteiger partial charge in [0.25, 0.3) is 0 Å². The number of ether oxygens (including phenoxy) is 2. The fraction of sp³-hybridized carbons (Fsp3) is 0.950. The first kappa shape index (κ1) is 20.6. The minimum Gasteiger partial charge on any atom is -0.377 e. The first-order chi connectivity index (χ1) is 11.9. The molecule has 4 fully saturated rings. The van der Waals surface area contributed by atoms with E-state index in [1.165, 1.54) is 25.7 Å². The summed E-state index contributed by atoms with van der Waals surface area (Å²) in [7, 11) is 1.93. The predicted octanol–water partition coefficient (Wildman–Crippen LogP) is 3.42. The molecule has 0 aromatic heterocycles. The molecule has 3 atom stereocenters. The van der Waals surface area contributed by atoms with Gasteiger partial charge in [-0.25, -0.2) is 0 Å². The first-order valence-electron chi connectivity index (χ1n) is 10.2. The van der Waals surface area contributed by atoms with Crippen LogP contribution in [0.4, 0.5) is 0 Å². The van der Waals surface area contributed by atoms with Gasteiger partial charge in [-0.1, -0.05) is 6.42 Å². The molecular formula is C20H36IN3O2. The molecule has 150 valence electrons. The Morgan fingerprint density at radius 1 is 1.19 bits per heavy atom. The number of aliphatic imine (C=N–C) groups is 1. The summed E-state index contributed by atoms with van der Waals surface area (Å²) in [6, 6.07) is 0.566. The number of halogens is 1. The van der Waals surface area contributed by atoms with Crippen molar-refractivity contribution in [2.75, 3.05) is 26.7 Å². The first-order valence-corrected chi connectivity index (χ1v) is 10.2. The van der Waals surface area contributed by atoms with E-state index in [9.17, 15) is 0 Å². The Kier molecular flexibility index (Phi) is 6.15. The SMILES string of the molecule is CN=C(NC1C2CCOC2C12CCC2)N1CCC(OC(C)(C)C)CC1.I. The topological polar surface area (TPSA) is 46.1 Å². The van der Waals surface area contributed by atoms with Gasteiger partial charge in [-0.05, 0) is 52.9 Å². The summed E-state index contributed by atoms with van der Waals surface area (Å²) < 4.78 is 12.2. The fourth-order valence-corrected chi connectivity index (χ4v) is 5.58. The van der Waals surface area contributed by atoms with E-state index in [0.29, 0.717) is 29.6 Å². The third-order valence-corrected chi connectivity index (χ3v) is 6.79. The number of guanidine groups is 1. The van der Waals surface area contributed by atoms with Gasteiger partial charge >= 0.3 is 0 Å². The molecule has 5 nitrogen and oxygen atoms in total. The van der Waals surface area contributed by atoms with Crippen molar-refractivity contribution in [1.82, 2.24) is 10.2 Å². The molecule has 4 rings (SSSR count). The molecule has 0 amide bonds. The highest BCUT2D eigenvalue weighted by molar-refractivity contribution is 14.0. The Hall–Kier alpha value is -0.0800. The molecule has 2 aliphatic carbocycles. The number of nitrogens with one attached hydrogen (secondary N) is 1. The van der Waals surface area contributed by atoms with Crippen LogP contribution < -0.4 is 5.32 Å². The third kappa shape index (κ3) is 3.62. The highest BCUT2D eigenvalue weighted by Gasteiger charge is 2.66. The maximum atomic E-state index is 6.17. The molecule has 6 heteroatoms. The lowest BCUT2D eigenvalue weighted by molar-refractivity contribution is -0.171. The Morgan fingerprint density at radius 3 is 2.42 bits per heavy atom. The van der Waals surface area contributed by atoms with Gasteiger partial charge in [-0.3, -0.25) is 4.99 Å². The van der Waals surface area contributed by atoms with Crippen LogP contribution >= 0.6 is 24.0 Å². The van der Waals surface area contributed by atoms with Gasteiger partial charge in [0.1, 0.15) is 0 Å². The van der Waals surface area contributed by atoms with E-state index in [4.69, 9.17) is 9.47 Å². The fourth-order valence-electron chi connectivity index (χ4n) is 5.58. The lowest BCUT2D eigenvalue weighted by atomic mass is 9.46. The normalized spacial score (nSPS) is 33.9. The number of likely N-dealkylation sites (tertiary alicyclic amines) is 1. The van der Waals surface area contributed by atoms with Gasteiger partial charge in [0.05, 0.1) is 17.8 Å². The second-order valence-electron chi connectivity index (χ2n) is 9.42. The number of piperidine rings is 1. The van der Waals surface area contributed by atoms with Gasteiger partial charge in [-0.15, -0.1) is 24.0 Å². The number of fused-ring (bicyclic) bond motifs is 2. The second-order valence-corrected chi connectivity index (χ2v) is 9.42. The predicted molar refractivity (Wildman–Crippen MR) is 115 cm³/mol. The minimum atomic E-state index is -0.0488. The summed E-state index contributed by atoms with van der Waals surface area (Å²) in [5.41, 5.74) is 0.359. The van der Waals surface area contributed by atoms with Crippen molar-refractivity contribution in [2.24, 2.45) is 16.3 Å². The van der Waals surface area contributed by atoms with Gasteiger partial charge in [0, 0.05) is 44.1 Å². The molecule has 2 heterocycles. The summed E-state index contributed by atoms with van der Waals surface area (Å²) in [6.45, 7) is 9.46. The third-order valence-electron chi connectivity index (χ3n) is 6.79. The summed E-state index contributed by atoms with van der Waals surface area (Å²) >= 11 is 0. The average Bonchev–Trinajstić information content (AvgIpc) is 2.91. The number of rotatable bonds is 2. The van der Waals surface area contributed by atoms with Crippen LogP contribution in [0.5, 0.6) is 0 Å². The standard InChI is InChI=1S/C20H35N3O2.HI/c1-19(2,3)25-14-6-11-23(12-7-14)18(21-4)22-16-15-8-13-24-17(15)20(16)9-5-10-20;/h14-17H,5-13H2,1-4H3,(H,21,22);1H. The smallest absolute Gasteiger partial charge is 0.193 e. The monoisotopic (exact) mass is 477 g/mol. The van der Waals surface area contributed by atoms with Crippen LogP contribution in [0, 0.1) is 11.3 Å². The lowest BCUT2D eigenvalue weighted by Gasteiger charge is -2.63. The van der Waals surface area contributed by atoms with E-state index in [1.807, 2.05) is 7.05 Å². The van der Waals surface area contributed by atoms with Crippen molar-refractivity contribution >= 4 is 29.9 Å². The molecule has 3 unspecified atom stereocenters. The largest absolute Gasteiger partial charge is 0.377 e. The van der Waals surface area contributed by atoms with Crippen molar-refractivity contribution in [3.63, 3.8) is 0 Å². The summed E-state index contributed by atoms with van der Waals surface area (Å²) in [5, 5.41) is 3.86. The molecule has 26 heavy (non-hydrogen) atoms. The van der Waals surface area contributed by atoms with Crippen LogP contribution in [0.1, 0.15) is 59.3 Å². The Labute approximate surface area is 175 Å². The maximum absolute atomic E-state index is 6.17. The van der Waals surface area contributed by atoms with E-state index >= 15 is 0 Å². The second kappa shape index (κ2) is 7.74. The van der Waals surface area contributed by atoms with Gasteiger partial charge in [-0.2, -0.15) is 0 Å². The van der Waals surface area contributed by atoms with E-state index in [2.05, 4.69) is 36.0 Å². The van der Waals surface area contributed by atoms with Crippen LogP contribution in [0.3, 0.4) is 0 Å². The van der Waals surface area contributed by atoms with Crippen LogP contribution in [0.15, 0.2) is 4.99 Å². The molecule has 2 saturated carbocycles. The van der Waals surface area contributed by atoms with Gasteiger partial charge in [0.15, 0.2) is 5.96 Å². The van der Waals surface area contributed by atoms with E-state index < -0.39 is 0 Å². The Balaban J connectivity index is 0.00000196. The van der Waals surface area contributed by atoms with Crippen molar-refractivity contribution in [3.05, 3.63) is 0 Å². The van der Waals surface area contributed by atoms with Crippen molar-refractivity contribution < 1.29 is 9.47 Å². The summed E-state index contributed by atoms with van der Waals surface area (Å²) in [6.07, 6.45) is 8.29. The number of hydrogen-bond acceptors (Lipinski definition) is 3. The van der Waals surface area contributed by atoms with E-state index in [0.717, 1.165) is 38.5 Å². The van der Waals surface area contributed by atoms with Crippen LogP contribution in [-0.4, -0.2) is 61.5 Å². The highest BCUT2D eigenvalue weighted by atomic mass is 127. The molecule has 1 N–H and O–H groups in total. The molecule has 1 spiro atoms. The molecule has 0 radical (unpaired) electrons. The van der Waals surface area contributed by atoms with Crippen LogP contribution in [-0.2, 0) is 9.47 Å². The van der Waals surface area contributed by atoms with Crippen molar-refractivity contribution in [1.29, 1.82) is 0 Å². The quantitative estimate of drug-likeness (QED) is 0.376. The van der Waals surface area contributed by atoms with E-state index in [1.54, 1.807) is 0 Å². The zero-order valence-electron chi connectivity index (χ0n) is 16.8. The molecular weight excluding hydrogens is 441 g/mol. The van der Waals surface area contributed by atoms with Crippen LogP contribution in [0.2, 0.25) is 0 Å². The molecule has 0 bridgehead atoms. The zero-order valence-corrected chi connectivity index (χ0v) is 19.1. The number of hydrogen-bond donors (Lipinski definition) is 1. The maximum Gasteiger partial charge on any atom is 0.193 e. The van der Waals surface area contributed by atoms with Crippen molar-refractivity contribution in [2.45, 2.75) is 83.1 Å². The van der Waals surface area contributed by atoms with Gasteiger partial charge in [0.2, 0.25) is 0 Å². The highest BCUT2D eigenvalue weighted by Crippen LogP contribution is 2.62. The van der Waals surface area contributed by atoms with Crippen LogP contribution in [0.25, 0.3) is 0 Å². The molecule has 4 aliphatic rings. The summed E-state index contributed by atoms with van der Waals surface area (Å²) in [4.78, 5) is 7.05. The molecule has 2 aliphatic heterocycles. The molecule has 0 aromatic rings.